The topological polar surface area (TPSA) is 15.3 Å². The second-order valence-electron chi connectivity index (χ2n) is 4.96. The number of nitrogens with zero attached hydrogens (tertiary/aromatic N) is 1. The first-order valence-electron chi connectivity index (χ1n) is 7.95. The quantitative estimate of drug-likeness (QED) is 0.777. The molecule has 0 spiro atoms. The molecule has 0 aromatic heterocycles. The largest absolute Gasteiger partial charge is 0.384 e. The molecule has 2 aromatic rings. The minimum Gasteiger partial charge on any atom is -0.384 e. The van der Waals surface area contributed by atoms with Crippen LogP contribution in [0.1, 0.15) is 26.3 Å². The Bertz CT molecular complexity index is 510. The number of nitrogens with one attached hydrogen (secondary N) is 1. The molecule has 0 heterocycles. The van der Waals surface area contributed by atoms with E-state index in [-0.39, 0.29) is 0 Å². The highest BCUT2D eigenvalue weighted by Gasteiger charge is 1.98. The first-order chi connectivity index (χ1) is 10.7. The van der Waals surface area contributed by atoms with E-state index in [2.05, 4.69) is 54.4 Å². The fraction of sp³-hybridized carbons (Fsp3) is 0.368. The summed E-state index contributed by atoms with van der Waals surface area (Å²) in [4.78, 5) is 2.41. The number of hydrogen-bond donors (Lipinski definition) is 1. The maximum Gasteiger partial charge on any atom is 0.0637 e. The van der Waals surface area contributed by atoms with E-state index in [0.717, 1.165) is 36.9 Å². The molecule has 0 radical (unpaired) electrons. The summed E-state index contributed by atoms with van der Waals surface area (Å²) in [5.74, 6) is 0. The van der Waals surface area contributed by atoms with Crippen molar-refractivity contribution in [1.82, 2.24) is 4.90 Å². The van der Waals surface area contributed by atoms with E-state index < -0.39 is 0 Å². The van der Waals surface area contributed by atoms with E-state index in [1.807, 2.05) is 31.2 Å². The van der Waals surface area contributed by atoms with E-state index in [9.17, 15) is 0 Å². The van der Waals surface area contributed by atoms with Crippen LogP contribution in [0, 0.1) is 0 Å². The van der Waals surface area contributed by atoms with Crippen LogP contribution in [0.5, 0.6) is 0 Å². The van der Waals surface area contributed by atoms with Crippen molar-refractivity contribution < 1.29 is 0 Å². The predicted molar refractivity (Wildman–Crippen MR) is 98.7 cm³/mol. The molecule has 0 aliphatic carbocycles. The van der Waals surface area contributed by atoms with Crippen LogP contribution >= 0.6 is 11.6 Å². The van der Waals surface area contributed by atoms with Crippen molar-refractivity contribution in [2.24, 2.45) is 0 Å². The Balaban J connectivity index is 0.000000224. The molecule has 0 unspecified atom stereocenters. The first kappa shape index (κ1) is 18.5. The summed E-state index contributed by atoms with van der Waals surface area (Å²) in [6, 6.07) is 18.3. The van der Waals surface area contributed by atoms with Crippen molar-refractivity contribution in [3.63, 3.8) is 0 Å². The van der Waals surface area contributed by atoms with Gasteiger partial charge in [0.05, 0.1) is 10.7 Å². The number of benzene rings is 2. The van der Waals surface area contributed by atoms with Crippen LogP contribution in [0.25, 0.3) is 0 Å². The lowest BCUT2D eigenvalue weighted by atomic mass is 10.2. The van der Waals surface area contributed by atoms with Gasteiger partial charge in [-0.15, -0.1) is 0 Å². The minimum absolute atomic E-state index is 0.782. The molecule has 1 N–H and O–H groups in total. The summed E-state index contributed by atoms with van der Waals surface area (Å²) >= 11 is 5.84. The highest BCUT2D eigenvalue weighted by molar-refractivity contribution is 6.33. The van der Waals surface area contributed by atoms with Crippen molar-refractivity contribution in [2.45, 2.75) is 27.3 Å². The summed E-state index contributed by atoms with van der Waals surface area (Å²) in [6.45, 7) is 10.7. The van der Waals surface area contributed by atoms with Crippen molar-refractivity contribution in [3.05, 3.63) is 65.2 Å². The molecule has 2 aromatic carbocycles. The van der Waals surface area contributed by atoms with Gasteiger partial charge in [-0.1, -0.05) is 67.9 Å². The molecule has 0 amide bonds. The molecule has 0 aliphatic heterocycles. The van der Waals surface area contributed by atoms with Crippen LogP contribution < -0.4 is 5.32 Å². The van der Waals surface area contributed by atoms with Crippen molar-refractivity contribution >= 4 is 17.3 Å². The second kappa shape index (κ2) is 11.1. The van der Waals surface area contributed by atoms with Crippen molar-refractivity contribution in [2.75, 3.05) is 25.0 Å². The Morgan fingerprint density at radius 1 is 0.864 bits per heavy atom. The zero-order chi connectivity index (χ0) is 16.2. The second-order valence-corrected chi connectivity index (χ2v) is 5.36. The van der Waals surface area contributed by atoms with Crippen LogP contribution in [0.2, 0.25) is 5.02 Å². The Kier molecular flexibility index (Phi) is 9.36. The lowest BCUT2D eigenvalue weighted by molar-refractivity contribution is 0.296. The smallest absolute Gasteiger partial charge is 0.0637 e. The van der Waals surface area contributed by atoms with Gasteiger partial charge in [0.1, 0.15) is 0 Å². The first-order valence-corrected chi connectivity index (χ1v) is 8.33. The third-order valence-electron chi connectivity index (χ3n) is 3.38. The zero-order valence-corrected chi connectivity index (χ0v) is 14.6. The summed E-state index contributed by atoms with van der Waals surface area (Å²) in [5.41, 5.74) is 2.41. The molecule has 22 heavy (non-hydrogen) atoms. The number of halogens is 1. The fourth-order valence-electron chi connectivity index (χ4n) is 2.08. The van der Waals surface area contributed by atoms with E-state index in [4.69, 9.17) is 11.6 Å². The number of rotatable bonds is 6. The Hall–Kier alpha value is -1.51. The third-order valence-corrected chi connectivity index (χ3v) is 3.71. The van der Waals surface area contributed by atoms with Gasteiger partial charge in [0.15, 0.2) is 0 Å². The fourth-order valence-corrected chi connectivity index (χ4v) is 2.29. The molecule has 120 valence electrons. The summed E-state index contributed by atoms with van der Waals surface area (Å²) in [5, 5.41) is 3.93. The van der Waals surface area contributed by atoms with E-state index in [1.165, 1.54) is 5.56 Å². The molecular formula is C19H27ClN2. The summed E-state index contributed by atoms with van der Waals surface area (Å²) < 4.78 is 0. The van der Waals surface area contributed by atoms with Crippen LogP contribution in [-0.2, 0) is 6.54 Å². The van der Waals surface area contributed by atoms with Gasteiger partial charge in [-0.3, -0.25) is 4.90 Å². The van der Waals surface area contributed by atoms with Gasteiger partial charge in [-0.25, -0.2) is 0 Å². The third kappa shape index (κ3) is 6.97. The maximum absolute atomic E-state index is 5.84. The van der Waals surface area contributed by atoms with Gasteiger partial charge in [-0.2, -0.15) is 0 Å². The molecule has 2 rings (SSSR count). The SMILES string of the molecule is CCN(CC)Cc1ccccc1.CCNc1ccccc1Cl. The lowest BCUT2D eigenvalue weighted by Crippen LogP contribution is -2.21. The van der Waals surface area contributed by atoms with Gasteiger partial charge in [0, 0.05) is 13.1 Å². The van der Waals surface area contributed by atoms with Gasteiger partial charge >= 0.3 is 0 Å². The number of para-hydroxylation sites is 1. The lowest BCUT2D eigenvalue weighted by Gasteiger charge is -2.17. The maximum atomic E-state index is 5.84. The van der Waals surface area contributed by atoms with E-state index in [1.54, 1.807) is 0 Å². The normalized spacial score (nSPS) is 10.0. The average Bonchev–Trinajstić information content (AvgIpc) is 2.56. The van der Waals surface area contributed by atoms with Crippen LogP contribution in [-0.4, -0.2) is 24.5 Å². The summed E-state index contributed by atoms with van der Waals surface area (Å²) in [6.07, 6.45) is 0. The van der Waals surface area contributed by atoms with E-state index >= 15 is 0 Å². The molecule has 0 atom stereocenters. The Morgan fingerprint density at radius 3 is 2.00 bits per heavy atom. The molecule has 0 saturated carbocycles. The van der Waals surface area contributed by atoms with Gasteiger partial charge in [0.25, 0.3) is 0 Å². The minimum atomic E-state index is 0.782. The molecule has 0 fully saturated rings. The number of hydrogen-bond acceptors (Lipinski definition) is 2. The van der Waals surface area contributed by atoms with E-state index in [0.29, 0.717) is 0 Å². The van der Waals surface area contributed by atoms with Gasteiger partial charge < -0.3 is 5.32 Å². The Labute approximate surface area is 140 Å². The Morgan fingerprint density at radius 2 is 1.45 bits per heavy atom. The van der Waals surface area contributed by atoms with Crippen molar-refractivity contribution in [1.29, 1.82) is 0 Å². The molecule has 0 saturated heterocycles. The average molecular weight is 319 g/mol. The highest BCUT2D eigenvalue weighted by atomic mass is 35.5. The highest BCUT2D eigenvalue weighted by Crippen LogP contribution is 2.19. The molecule has 0 bridgehead atoms. The molecule has 2 nitrogen and oxygen atoms in total. The van der Waals surface area contributed by atoms with Gasteiger partial charge in [-0.05, 0) is 37.7 Å². The van der Waals surface area contributed by atoms with Crippen molar-refractivity contribution in [3.8, 4) is 0 Å². The molecular weight excluding hydrogens is 292 g/mol. The van der Waals surface area contributed by atoms with Crippen LogP contribution in [0.3, 0.4) is 0 Å². The van der Waals surface area contributed by atoms with Crippen LogP contribution in [0.4, 0.5) is 5.69 Å². The monoisotopic (exact) mass is 318 g/mol. The predicted octanol–water partition coefficient (Wildman–Crippen LogP) is 5.30. The molecule has 3 heteroatoms. The number of anilines is 1. The van der Waals surface area contributed by atoms with Crippen LogP contribution in [0.15, 0.2) is 54.6 Å². The molecule has 0 aliphatic rings. The summed E-state index contributed by atoms with van der Waals surface area (Å²) in [7, 11) is 0. The standard InChI is InChI=1S/C11H17N.C8H10ClN/c1-3-12(4-2)10-11-8-6-5-7-9-11;1-2-10-8-6-4-3-5-7(8)9/h5-9H,3-4,10H2,1-2H3;3-6,10H,2H2,1H3. The van der Waals surface area contributed by atoms with Gasteiger partial charge in [0.2, 0.25) is 0 Å². The zero-order valence-electron chi connectivity index (χ0n) is 13.8.